The summed E-state index contributed by atoms with van der Waals surface area (Å²) in [5.74, 6) is 0.747. The third-order valence-corrected chi connectivity index (χ3v) is 7.96. The second-order valence-electron chi connectivity index (χ2n) is 10.7. The maximum absolute atomic E-state index is 14.3. The number of hydrogen-bond acceptors (Lipinski definition) is 4. The molecule has 6 rings (SSSR count). The lowest BCUT2D eigenvalue weighted by atomic mass is 9.78. The van der Waals surface area contributed by atoms with Crippen LogP contribution in [-0.4, -0.2) is 18.3 Å². The summed E-state index contributed by atoms with van der Waals surface area (Å²) >= 11 is 0. The molecule has 1 heterocycles. The fourth-order valence-corrected chi connectivity index (χ4v) is 5.89. The number of para-hydroxylation sites is 2. The summed E-state index contributed by atoms with van der Waals surface area (Å²) < 4.78 is 5.93. The van der Waals surface area contributed by atoms with Crippen LogP contribution in [-0.2, 0) is 4.79 Å². The third-order valence-electron chi connectivity index (χ3n) is 7.96. The highest BCUT2D eigenvalue weighted by Gasteiger charge is 2.41. The molecule has 0 aromatic heterocycles. The fourth-order valence-electron chi connectivity index (χ4n) is 5.89. The van der Waals surface area contributed by atoms with E-state index in [4.69, 9.17) is 4.74 Å². The van der Waals surface area contributed by atoms with Gasteiger partial charge in [-0.2, -0.15) is 0 Å². The van der Waals surface area contributed by atoms with Gasteiger partial charge in [0.15, 0.2) is 5.78 Å². The van der Waals surface area contributed by atoms with Gasteiger partial charge in [0.25, 0.3) is 5.91 Å². The van der Waals surface area contributed by atoms with Crippen LogP contribution in [0.4, 0.5) is 11.4 Å². The molecule has 2 atom stereocenters. The molecule has 5 nitrogen and oxygen atoms in total. The number of ether oxygens (including phenoxy) is 1. The van der Waals surface area contributed by atoms with Crippen molar-refractivity contribution >= 4 is 23.1 Å². The normalized spacial score (nSPS) is 18.2. The number of hydrogen-bond donors (Lipinski definition) is 1. The summed E-state index contributed by atoms with van der Waals surface area (Å²) in [5, 5.41) is 3.61. The molecule has 0 spiro atoms. The van der Waals surface area contributed by atoms with Crippen molar-refractivity contribution in [2.24, 2.45) is 0 Å². The maximum atomic E-state index is 14.3. The fraction of sp³-hybridized carbons (Fsp3) is 0.222. The molecule has 1 aliphatic heterocycles. The zero-order valence-electron chi connectivity index (χ0n) is 23.3. The highest BCUT2D eigenvalue weighted by atomic mass is 16.5. The van der Waals surface area contributed by atoms with E-state index in [1.807, 2.05) is 97.1 Å². The van der Waals surface area contributed by atoms with E-state index >= 15 is 0 Å². The number of nitrogens with zero attached hydrogens (tertiary/aromatic N) is 1. The number of benzene rings is 4. The number of fused-ring (bicyclic) bond motifs is 1. The standard InChI is InChI=1S/C36H34N2O3/c1-2-3-22-41-29-20-18-26(19-21-29)35-34-31(23-28(24-33(34)39)25-12-6-4-7-13-25)37-30-16-10-11-17-32(30)38(35)36(40)27-14-8-5-9-15-27/h4-21,28,35,37H,2-3,22-24H2,1H3/t28-,35-/m0/s1. The monoisotopic (exact) mass is 542 g/mol. The first-order valence-corrected chi connectivity index (χ1v) is 14.4. The summed E-state index contributed by atoms with van der Waals surface area (Å²) in [5.41, 5.74) is 5.67. The van der Waals surface area contributed by atoms with Crippen molar-refractivity contribution in [2.75, 3.05) is 16.8 Å². The molecule has 41 heavy (non-hydrogen) atoms. The van der Waals surface area contributed by atoms with Crippen molar-refractivity contribution in [1.82, 2.24) is 0 Å². The minimum Gasteiger partial charge on any atom is -0.494 e. The summed E-state index contributed by atoms with van der Waals surface area (Å²) in [4.78, 5) is 30.3. The number of carbonyl (C=O) groups is 2. The van der Waals surface area contributed by atoms with Crippen LogP contribution in [0.3, 0.4) is 0 Å². The number of amides is 1. The van der Waals surface area contributed by atoms with Crippen molar-refractivity contribution in [3.63, 3.8) is 0 Å². The topological polar surface area (TPSA) is 58.6 Å². The van der Waals surface area contributed by atoms with Crippen LogP contribution in [0.15, 0.2) is 120 Å². The highest BCUT2D eigenvalue weighted by Crippen LogP contribution is 2.48. The molecular formula is C36H34N2O3. The van der Waals surface area contributed by atoms with Crippen LogP contribution in [0.1, 0.15) is 66.1 Å². The molecule has 4 aromatic rings. The number of anilines is 2. The molecule has 2 aliphatic rings. The van der Waals surface area contributed by atoms with Crippen molar-refractivity contribution in [2.45, 2.75) is 44.6 Å². The van der Waals surface area contributed by atoms with Gasteiger partial charge >= 0.3 is 0 Å². The number of Topliss-reactive ketones (excluding diaryl/α,β-unsaturated/α-hetero) is 1. The van der Waals surface area contributed by atoms with E-state index in [0.717, 1.165) is 46.8 Å². The summed E-state index contributed by atoms with van der Waals surface area (Å²) in [6.07, 6.45) is 3.12. The van der Waals surface area contributed by atoms with E-state index in [-0.39, 0.29) is 17.6 Å². The van der Waals surface area contributed by atoms with E-state index in [1.165, 1.54) is 0 Å². The summed E-state index contributed by atoms with van der Waals surface area (Å²) in [6.45, 7) is 2.79. The number of unbranched alkanes of at least 4 members (excludes halogenated alkanes) is 1. The molecular weight excluding hydrogens is 508 g/mol. The Hall–Kier alpha value is -4.64. The van der Waals surface area contributed by atoms with Gasteiger partial charge in [-0.05, 0) is 66.3 Å². The molecule has 1 amide bonds. The average molecular weight is 543 g/mol. The Labute approximate surface area is 241 Å². The molecule has 4 aromatic carbocycles. The Kier molecular flexibility index (Phi) is 7.68. The van der Waals surface area contributed by atoms with Gasteiger partial charge in [0, 0.05) is 23.3 Å². The van der Waals surface area contributed by atoms with Gasteiger partial charge in [-0.3, -0.25) is 14.5 Å². The van der Waals surface area contributed by atoms with Crippen LogP contribution >= 0.6 is 0 Å². The molecule has 5 heteroatoms. The van der Waals surface area contributed by atoms with Crippen molar-refractivity contribution < 1.29 is 14.3 Å². The minimum atomic E-state index is -0.595. The Morgan fingerprint density at radius 3 is 2.24 bits per heavy atom. The Bertz CT molecular complexity index is 1560. The molecule has 1 N–H and O–H groups in total. The summed E-state index contributed by atoms with van der Waals surface area (Å²) in [6, 6.07) is 34.6. The van der Waals surface area contributed by atoms with E-state index < -0.39 is 6.04 Å². The van der Waals surface area contributed by atoms with Gasteiger partial charge in [0.05, 0.1) is 24.0 Å². The first-order chi connectivity index (χ1) is 20.1. The van der Waals surface area contributed by atoms with E-state index in [1.54, 1.807) is 4.90 Å². The van der Waals surface area contributed by atoms with E-state index in [2.05, 4.69) is 24.4 Å². The van der Waals surface area contributed by atoms with Crippen molar-refractivity contribution in [3.8, 4) is 5.75 Å². The molecule has 0 radical (unpaired) electrons. The highest BCUT2D eigenvalue weighted by molar-refractivity contribution is 6.12. The molecule has 206 valence electrons. The SMILES string of the molecule is CCCCOc1ccc([C@H]2C3=C(C[C@H](c4ccccc4)CC3=O)Nc3ccccc3N2C(=O)c2ccccc2)cc1. The predicted molar refractivity (Wildman–Crippen MR) is 163 cm³/mol. The quantitative estimate of drug-likeness (QED) is 0.240. The lowest BCUT2D eigenvalue weighted by Crippen LogP contribution is -2.38. The average Bonchev–Trinajstić information content (AvgIpc) is 3.17. The number of ketones is 1. The van der Waals surface area contributed by atoms with Crippen LogP contribution in [0, 0.1) is 0 Å². The maximum Gasteiger partial charge on any atom is 0.259 e. The minimum absolute atomic E-state index is 0.0551. The van der Waals surface area contributed by atoms with Crippen molar-refractivity contribution in [3.05, 3.63) is 137 Å². The number of carbonyl (C=O) groups excluding carboxylic acids is 2. The zero-order valence-corrected chi connectivity index (χ0v) is 23.3. The van der Waals surface area contributed by atoms with Crippen LogP contribution < -0.4 is 15.0 Å². The van der Waals surface area contributed by atoms with Crippen LogP contribution in [0.25, 0.3) is 0 Å². The molecule has 1 aliphatic carbocycles. The Morgan fingerprint density at radius 2 is 1.51 bits per heavy atom. The molecule has 0 saturated heterocycles. The van der Waals surface area contributed by atoms with Gasteiger partial charge < -0.3 is 10.1 Å². The third kappa shape index (κ3) is 5.40. The molecule has 0 unspecified atom stereocenters. The van der Waals surface area contributed by atoms with Crippen LogP contribution in [0.5, 0.6) is 5.75 Å². The van der Waals surface area contributed by atoms with Crippen molar-refractivity contribution in [1.29, 1.82) is 0 Å². The molecule has 0 bridgehead atoms. The Balaban J connectivity index is 1.50. The first-order valence-electron chi connectivity index (χ1n) is 14.4. The van der Waals surface area contributed by atoms with Gasteiger partial charge in [-0.25, -0.2) is 0 Å². The number of allylic oxidation sites excluding steroid dienone is 1. The number of rotatable bonds is 7. The van der Waals surface area contributed by atoms with Gasteiger partial charge in [0.2, 0.25) is 0 Å². The predicted octanol–water partition coefficient (Wildman–Crippen LogP) is 8.08. The lowest BCUT2D eigenvalue weighted by molar-refractivity contribution is -0.116. The zero-order chi connectivity index (χ0) is 28.2. The Morgan fingerprint density at radius 1 is 0.829 bits per heavy atom. The van der Waals surface area contributed by atoms with Crippen LogP contribution in [0.2, 0.25) is 0 Å². The van der Waals surface area contributed by atoms with Gasteiger partial charge in [0.1, 0.15) is 5.75 Å². The lowest BCUT2D eigenvalue weighted by Gasteiger charge is -2.35. The smallest absolute Gasteiger partial charge is 0.259 e. The van der Waals surface area contributed by atoms with Gasteiger partial charge in [-0.15, -0.1) is 0 Å². The summed E-state index contributed by atoms with van der Waals surface area (Å²) in [7, 11) is 0. The largest absolute Gasteiger partial charge is 0.494 e. The van der Waals surface area contributed by atoms with E-state index in [0.29, 0.717) is 30.6 Å². The second kappa shape index (κ2) is 11.8. The molecule has 0 saturated carbocycles. The number of nitrogens with one attached hydrogen (secondary N) is 1. The van der Waals surface area contributed by atoms with Gasteiger partial charge in [-0.1, -0.05) is 86.1 Å². The second-order valence-corrected chi connectivity index (χ2v) is 10.7. The van der Waals surface area contributed by atoms with E-state index in [9.17, 15) is 9.59 Å². The molecule has 0 fully saturated rings. The first kappa shape index (κ1) is 26.6.